The van der Waals surface area contributed by atoms with Gasteiger partial charge in [0.1, 0.15) is 0 Å². The van der Waals surface area contributed by atoms with Crippen LogP contribution in [0.2, 0.25) is 0 Å². The van der Waals surface area contributed by atoms with Crippen molar-refractivity contribution in [3.05, 3.63) is 34.3 Å². The largest absolute Gasteiger partial charge is 0.382 e. The zero-order valence-electron chi connectivity index (χ0n) is 9.70. The lowest BCUT2D eigenvalue weighted by atomic mass is 10.2. The van der Waals surface area contributed by atoms with Crippen LogP contribution in [0.4, 0.5) is 0 Å². The predicted octanol–water partition coefficient (Wildman–Crippen LogP) is 2.20. The summed E-state index contributed by atoms with van der Waals surface area (Å²) in [5.41, 5.74) is 1.25. The Labute approximate surface area is 105 Å². The normalized spacial score (nSPS) is 12.7. The van der Waals surface area contributed by atoms with Crippen LogP contribution in [0.15, 0.2) is 28.7 Å². The first-order valence-electron chi connectivity index (χ1n) is 5.23. The minimum Gasteiger partial charge on any atom is -0.382 e. The molecule has 0 amide bonds. The fourth-order valence-corrected chi connectivity index (χ4v) is 1.83. The van der Waals surface area contributed by atoms with Crippen molar-refractivity contribution < 1.29 is 9.47 Å². The van der Waals surface area contributed by atoms with Gasteiger partial charge < -0.3 is 14.8 Å². The average Bonchev–Trinajstić information content (AvgIpc) is 2.30. The molecular weight excluding hydrogens is 270 g/mol. The van der Waals surface area contributed by atoms with Crippen LogP contribution < -0.4 is 5.32 Å². The van der Waals surface area contributed by atoms with Gasteiger partial charge in [-0.25, -0.2) is 0 Å². The molecule has 16 heavy (non-hydrogen) atoms. The van der Waals surface area contributed by atoms with E-state index in [9.17, 15) is 0 Å². The van der Waals surface area contributed by atoms with E-state index in [4.69, 9.17) is 9.47 Å². The van der Waals surface area contributed by atoms with Crippen LogP contribution in [-0.2, 0) is 16.0 Å². The van der Waals surface area contributed by atoms with Crippen molar-refractivity contribution in [2.75, 3.05) is 27.4 Å². The first-order chi connectivity index (χ1) is 7.77. The first-order valence-corrected chi connectivity index (χ1v) is 6.03. The molecule has 1 rings (SSSR count). The van der Waals surface area contributed by atoms with E-state index in [1.807, 2.05) is 18.2 Å². The smallest absolute Gasteiger partial charge is 0.0928 e. The molecule has 90 valence electrons. The molecule has 0 saturated carbocycles. The van der Waals surface area contributed by atoms with Gasteiger partial charge in [0.2, 0.25) is 0 Å². The summed E-state index contributed by atoms with van der Waals surface area (Å²) in [5.74, 6) is 0. The van der Waals surface area contributed by atoms with Gasteiger partial charge in [0.25, 0.3) is 0 Å². The third-order valence-corrected chi connectivity index (χ3v) is 3.10. The van der Waals surface area contributed by atoms with E-state index in [1.54, 1.807) is 14.2 Å². The highest BCUT2D eigenvalue weighted by atomic mass is 79.9. The van der Waals surface area contributed by atoms with Gasteiger partial charge >= 0.3 is 0 Å². The number of hydrogen-bond donors (Lipinski definition) is 1. The summed E-state index contributed by atoms with van der Waals surface area (Å²) in [6.45, 7) is 2.22. The topological polar surface area (TPSA) is 30.5 Å². The van der Waals surface area contributed by atoms with Gasteiger partial charge in [-0.1, -0.05) is 34.1 Å². The van der Waals surface area contributed by atoms with E-state index in [0.717, 1.165) is 17.6 Å². The molecule has 0 fully saturated rings. The van der Waals surface area contributed by atoms with E-state index >= 15 is 0 Å². The molecule has 0 aliphatic carbocycles. The number of halogens is 1. The summed E-state index contributed by atoms with van der Waals surface area (Å²) < 4.78 is 11.4. The highest BCUT2D eigenvalue weighted by Gasteiger charge is 2.06. The second-order valence-electron chi connectivity index (χ2n) is 3.54. The van der Waals surface area contributed by atoms with E-state index in [0.29, 0.717) is 6.61 Å². The lowest BCUT2D eigenvalue weighted by Crippen LogP contribution is -2.31. The number of rotatable bonds is 7. The fourth-order valence-electron chi connectivity index (χ4n) is 1.41. The number of methoxy groups -OCH3 is 2. The first kappa shape index (κ1) is 13.6. The third kappa shape index (κ3) is 4.61. The van der Waals surface area contributed by atoms with Gasteiger partial charge in [0.15, 0.2) is 0 Å². The van der Waals surface area contributed by atoms with E-state index in [2.05, 4.69) is 27.3 Å². The number of nitrogens with one attached hydrogen (secondary N) is 1. The number of benzene rings is 1. The van der Waals surface area contributed by atoms with Gasteiger partial charge in [-0.05, 0) is 11.6 Å². The molecule has 0 aromatic heterocycles. The Morgan fingerprint density at radius 1 is 1.31 bits per heavy atom. The minimum atomic E-state index is 0.104. The molecule has 1 unspecified atom stereocenters. The second kappa shape index (κ2) is 7.79. The zero-order chi connectivity index (χ0) is 11.8. The maximum Gasteiger partial charge on any atom is 0.0928 e. The summed E-state index contributed by atoms with van der Waals surface area (Å²) in [6.07, 6.45) is 0.104. The van der Waals surface area contributed by atoms with Crippen LogP contribution in [-0.4, -0.2) is 33.5 Å². The zero-order valence-corrected chi connectivity index (χ0v) is 11.3. The predicted molar refractivity (Wildman–Crippen MR) is 68.5 cm³/mol. The van der Waals surface area contributed by atoms with Crippen LogP contribution in [0.25, 0.3) is 0 Å². The number of hydrogen-bond acceptors (Lipinski definition) is 3. The molecule has 4 heteroatoms. The van der Waals surface area contributed by atoms with Crippen LogP contribution >= 0.6 is 15.9 Å². The SMILES string of the molecule is COCC(CNCc1ccccc1Br)OC. The molecule has 3 nitrogen and oxygen atoms in total. The van der Waals surface area contributed by atoms with Crippen molar-refractivity contribution in [1.82, 2.24) is 5.32 Å². The highest BCUT2D eigenvalue weighted by molar-refractivity contribution is 9.10. The van der Waals surface area contributed by atoms with Gasteiger partial charge in [-0.3, -0.25) is 0 Å². The van der Waals surface area contributed by atoms with Crippen LogP contribution in [0.5, 0.6) is 0 Å². The van der Waals surface area contributed by atoms with Gasteiger partial charge in [-0.2, -0.15) is 0 Å². The van der Waals surface area contributed by atoms with Crippen molar-refractivity contribution in [3.63, 3.8) is 0 Å². The Kier molecular flexibility index (Phi) is 6.64. The fraction of sp³-hybridized carbons (Fsp3) is 0.500. The Morgan fingerprint density at radius 3 is 2.69 bits per heavy atom. The van der Waals surface area contributed by atoms with Crippen molar-refractivity contribution in [2.45, 2.75) is 12.6 Å². The van der Waals surface area contributed by atoms with Crippen molar-refractivity contribution in [2.24, 2.45) is 0 Å². The van der Waals surface area contributed by atoms with Crippen LogP contribution in [0, 0.1) is 0 Å². The Balaban J connectivity index is 2.32. The summed E-state index contributed by atoms with van der Waals surface area (Å²) >= 11 is 3.52. The molecular formula is C12H18BrNO2. The Hall–Kier alpha value is -0.420. The molecule has 0 aliphatic heterocycles. The van der Waals surface area contributed by atoms with E-state index < -0.39 is 0 Å². The molecule has 0 spiro atoms. The average molecular weight is 288 g/mol. The quantitative estimate of drug-likeness (QED) is 0.834. The van der Waals surface area contributed by atoms with Crippen LogP contribution in [0.3, 0.4) is 0 Å². The van der Waals surface area contributed by atoms with Gasteiger partial charge in [0, 0.05) is 31.8 Å². The third-order valence-electron chi connectivity index (χ3n) is 2.33. The Morgan fingerprint density at radius 2 is 2.06 bits per heavy atom. The summed E-state index contributed by atoms with van der Waals surface area (Å²) in [4.78, 5) is 0. The summed E-state index contributed by atoms with van der Waals surface area (Å²) in [6, 6.07) is 8.18. The highest BCUT2D eigenvalue weighted by Crippen LogP contribution is 2.15. The number of ether oxygens (including phenoxy) is 2. The molecule has 0 saturated heterocycles. The lowest BCUT2D eigenvalue weighted by molar-refractivity contribution is 0.0288. The molecule has 0 heterocycles. The second-order valence-corrected chi connectivity index (χ2v) is 4.39. The maximum absolute atomic E-state index is 5.26. The molecule has 1 aromatic rings. The van der Waals surface area contributed by atoms with Crippen molar-refractivity contribution in [3.8, 4) is 0 Å². The van der Waals surface area contributed by atoms with Gasteiger partial charge in [0.05, 0.1) is 12.7 Å². The molecule has 1 N–H and O–H groups in total. The lowest BCUT2D eigenvalue weighted by Gasteiger charge is -2.15. The summed E-state index contributed by atoms with van der Waals surface area (Å²) in [5, 5.41) is 3.34. The van der Waals surface area contributed by atoms with Crippen molar-refractivity contribution >= 4 is 15.9 Å². The minimum absolute atomic E-state index is 0.104. The molecule has 1 atom stereocenters. The van der Waals surface area contributed by atoms with Gasteiger partial charge in [-0.15, -0.1) is 0 Å². The Bertz CT molecular complexity index is 307. The summed E-state index contributed by atoms with van der Waals surface area (Å²) in [7, 11) is 3.38. The molecule has 0 aliphatic rings. The van der Waals surface area contributed by atoms with E-state index in [1.165, 1.54) is 5.56 Å². The monoisotopic (exact) mass is 287 g/mol. The van der Waals surface area contributed by atoms with E-state index in [-0.39, 0.29) is 6.10 Å². The van der Waals surface area contributed by atoms with Crippen LogP contribution in [0.1, 0.15) is 5.56 Å². The molecule has 0 bridgehead atoms. The van der Waals surface area contributed by atoms with Crippen molar-refractivity contribution in [1.29, 1.82) is 0 Å². The molecule has 1 aromatic carbocycles. The maximum atomic E-state index is 5.26. The molecule has 0 radical (unpaired) electrons. The standard InChI is InChI=1S/C12H18BrNO2/c1-15-9-11(16-2)8-14-7-10-5-3-4-6-12(10)13/h3-6,11,14H,7-9H2,1-2H3.